The summed E-state index contributed by atoms with van der Waals surface area (Å²) in [4.78, 5) is 11.4. The molecule has 1 aliphatic carbocycles. The maximum Gasteiger partial charge on any atom is 0.423 e. The van der Waals surface area contributed by atoms with E-state index >= 15 is 0 Å². The molecule has 3 nitrogen and oxygen atoms in total. The van der Waals surface area contributed by atoms with Gasteiger partial charge in [0.25, 0.3) is 0 Å². The summed E-state index contributed by atoms with van der Waals surface area (Å²) >= 11 is 0. The van der Waals surface area contributed by atoms with Gasteiger partial charge in [0.05, 0.1) is 6.54 Å². The summed E-state index contributed by atoms with van der Waals surface area (Å²) in [6.45, 7) is -0.865. The van der Waals surface area contributed by atoms with E-state index in [-0.39, 0.29) is 11.5 Å². The summed E-state index contributed by atoms with van der Waals surface area (Å²) in [5.41, 5.74) is -3.34. The molecule has 1 unspecified atom stereocenters. The Morgan fingerprint density at radius 2 is 1.84 bits per heavy atom. The van der Waals surface area contributed by atoms with E-state index in [0.717, 1.165) is 0 Å². The topological polar surface area (TPSA) is 49.3 Å². The van der Waals surface area contributed by atoms with Crippen molar-refractivity contribution in [2.45, 2.75) is 24.6 Å². The van der Waals surface area contributed by atoms with Gasteiger partial charge in [-0.15, -0.1) is 0 Å². The minimum Gasteiger partial charge on any atom is -0.375 e. The second-order valence-corrected chi connectivity index (χ2v) is 4.72. The number of rotatable bonds is 4. The first-order chi connectivity index (χ1) is 8.84. The van der Waals surface area contributed by atoms with Crippen molar-refractivity contribution in [1.82, 2.24) is 5.32 Å². The van der Waals surface area contributed by atoms with Gasteiger partial charge in [-0.25, -0.2) is 0 Å². The van der Waals surface area contributed by atoms with Crippen molar-refractivity contribution >= 4 is 5.91 Å². The van der Waals surface area contributed by atoms with Crippen molar-refractivity contribution in [3.63, 3.8) is 0 Å². The molecule has 1 amide bonds. The summed E-state index contributed by atoms with van der Waals surface area (Å²) in [6.07, 6.45) is -3.46. The highest BCUT2D eigenvalue weighted by molar-refractivity contribution is 5.80. The van der Waals surface area contributed by atoms with Crippen LogP contribution >= 0.6 is 0 Å². The third kappa shape index (κ3) is 2.89. The van der Waals surface area contributed by atoms with E-state index in [1.165, 1.54) is 24.3 Å². The molecule has 6 heteroatoms. The zero-order chi connectivity index (χ0) is 14.1. The highest BCUT2D eigenvalue weighted by Crippen LogP contribution is 2.38. The van der Waals surface area contributed by atoms with E-state index in [1.54, 1.807) is 6.07 Å². The number of carbonyl (C=O) groups excluding carboxylic acids is 1. The normalized spacial score (nSPS) is 18.7. The van der Waals surface area contributed by atoms with E-state index in [2.05, 4.69) is 5.32 Å². The van der Waals surface area contributed by atoms with E-state index in [4.69, 9.17) is 0 Å². The largest absolute Gasteiger partial charge is 0.423 e. The van der Waals surface area contributed by atoms with E-state index in [1.807, 2.05) is 0 Å². The van der Waals surface area contributed by atoms with Crippen LogP contribution in [0, 0.1) is 5.92 Å². The van der Waals surface area contributed by atoms with Crippen molar-refractivity contribution in [3.05, 3.63) is 35.9 Å². The quantitative estimate of drug-likeness (QED) is 0.881. The third-order valence-electron chi connectivity index (χ3n) is 3.19. The molecule has 0 radical (unpaired) electrons. The summed E-state index contributed by atoms with van der Waals surface area (Å²) in [5.74, 6) is -0.633. The minimum atomic E-state index is -4.86. The van der Waals surface area contributed by atoms with Gasteiger partial charge in [-0.2, -0.15) is 13.2 Å². The number of halogens is 3. The van der Waals surface area contributed by atoms with Crippen LogP contribution in [-0.4, -0.2) is 23.7 Å². The summed E-state index contributed by atoms with van der Waals surface area (Å²) in [6, 6.07) is 6.76. The molecule has 0 bridgehead atoms. The van der Waals surface area contributed by atoms with Gasteiger partial charge in [-0.1, -0.05) is 30.3 Å². The first-order valence-electron chi connectivity index (χ1n) is 5.97. The molecule has 0 aliphatic heterocycles. The lowest BCUT2D eigenvalue weighted by Gasteiger charge is -2.31. The van der Waals surface area contributed by atoms with Crippen molar-refractivity contribution in [3.8, 4) is 0 Å². The molecule has 2 rings (SSSR count). The Morgan fingerprint density at radius 3 is 2.32 bits per heavy atom. The standard InChI is InChI=1S/C13H14F3NO2/c14-13(15,16)12(19,10-4-2-1-3-5-10)8-17-11(18)9-6-7-9/h1-5,9,19H,6-8H2,(H,17,18). The van der Waals surface area contributed by atoms with Crippen molar-refractivity contribution in [2.75, 3.05) is 6.54 Å². The third-order valence-corrected chi connectivity index (χ3v) is 3.19. The second-order valence-electron chi connectivity index (χ2n) is 4.72. The lowest BCUT2D eigenvalue weighted by molar-refractivity contribution is -0.264. The van der Waals surface area contributed by atoms with Crippen LogP contribution in [0.25, 0.3) is 0 Å². The highest BCUT2D eigenvalue weighted by atomic mass is 19.4. The monoisotopic (exact) mass is 273 g/mol. The Bertz CT molecular complexity index is 457. The maximum absolute atomic E-state index is 13.1. The van der Waals surface area contributed by atoms with Gasteiger partial charge >= 0.3 is 6.18 Å². The summed E-state index contributed by atoms with van der Waals surface area (Å²) < 4.78 is 39.2. The molecule has 1 aromatic carbocycles. The summed E-state index contributed by atoms with van der Waals surface area (Å²) in [5, 5.41) is 12.1. The molecule has 0 saturated heterocycles. The van der Waals surface area contributed by atoms with Gasteiger partial charge in [0.1, 0.15) is 0 Å². The zero-order valence-corrected chi connectivity index (χ0v) is 10.1. The van der Waals surface area contributed by atoms with Crippen LogP contribution in [0.1, 0.15) is 18.4 Å². The fraction of sp³-hybridized carbons (Fsp3) is 0.462. The first-order valence-corrected chi connectivity index (χ1v) is 5.97. The predicted molar refractivity (Wildman–Crippen MR) is 62.1 cm³/mol. The Morgan fingerprint density at radius 1 is 1.26 bits per heavy atom. The number of amides is 1. The molecule has 1 aromatic rings. The van der Waals surface area contributed by atoms with Crippen LogP contribution in [0.15, 0.2) is 30.3 Å². The van der Waals surface area contributed by atoms with E-state index < -0.39 is 24.2 Å². The van der Waals surface area contributed by atoms with Crippen LogP contribution in [0.5, 0.6) is 0 Å². The molecule has 0 aromatic heterocycles. The zero-order valence-electron chi connectivity index (χ0n) is 10.1. The van der Waals surface area contributed by atoms with Crippen molar-refractivity contribution in [2.24, 2.45) is 5.92 Å². The molecule has 1 fully saturated rings. The predicted octanol–water partition coefficient (Wildman–Crippen LogP) is 1.96. The van der Waals surface area contributed by atoms with Crippen molar-refractivity contribution < 1.29 is 23.1 Å². The molecule has 1 atom stereocenters. The lowest BCUT2D eigenvalue weighted by atomic mass is 9.93. The fourth-order valence-electron chi connectivity index (χ4n) is 1.78. The molecule has 1 saturated carbocycles. The number of carbonyl (C=O) groups is 1. The average Bonchev–Trinajstić information content (AvgIpc) is 3.19. The molecular weight excluding hydrogens is 259 g/mol. The van der Waals surface area contributed by atoms with Gasteiger partial charge in [-0.3, -0.25) is 4.79 Å². The average molecular weight is 273 g/mol. The Labute approximate surface area is 108 Å². The number of nitrogens with one attached hydrogen (secondary N) is 1. The minimum absolute atomic E-state index is 0.201. The van der Waals surface area contributed by atoms with E-state index in [9.17, 15) is 23.1 Å². The lowest BCUT2D eigenvalue weighted by Crippen LogP contribution is -2.51. The van der Waals surface area contributed by atoms with E-state index in [0.29, 0.717) is 12.8 Å². The van der Waals surface area contributed by atoms with Crippen LogP contribution < -0.4 is 5.32 Å². The van der Waals surface area contributed by atoms with Gasteiger partial charge < -0.3 is 10.4 Å². The molecule has 2 N–H and O–H groups in total. The molecule has 1 aliphatic rings. The second kappa shape index (κ2) is 4.85. The van der Waals surface area contributed by atoms with Gasteiger partial charge in [0.2, 0.25) is 11.5 Å². The van der Waals surface area contributed by atoms with Gasteiger partial charge in [0.15, 0.2) is 0 Å². The molecular formula is C13H14F3NO2. The highest BCUT2D eigenvalue weighted by Gasteiger charge is 2.55. The molecule has 104 valence electrons. The van der Waals surface area contributed by atoms with Crippen LogP contribution in [-0.2, 0) is 10.4 Å². The van der Waals surface area contributed by atoms with Gasteiger partial charge in [0, 0.05) is 5.92 Å². The fourth-order valence-corrected chi connectivity index (χ4v) is 1.78. The summed E-state index contributed by atoms with van der Waals surface area (Å²) in [7, 11) is 0. The number of hydrogen-bond donors (Lipinski definition) is 2. The van der Waals surface area contributed by atoms with Crippen molar-refractivity contribution in [1.29, 1.82) is 0 Å². The van der Waals surface area contributed by atoms with Crippen LogP contribution in [0.2, 0.25) is 0 Å². The SMILES string of the molecule is O=C(NCC(O)(c1ccccc1)C(F)(F)F)C1CC1. The van der Waals surface area contributed by atoms with Crippen LogP contribution in [0.3, 0.4) is 0 Å². The molecule has 0 spiro atoms. The Hall–Kier alpha value is -1.56. The molecule has 0 heterocycles. The number of alkyl halides is 3. The molecule has 19 heavy (non-hydrogen) atoms. The number of aliphatic hydroxyl groups is 1. The van der Waals surface area contributed by atoms with Crippen LogP contribution in [0.4, 0.5) is 13.2 Å². The smallest absolute Gasteiger partial charge is 0.375 e. The number of benzene rings is 1. The Balaban J connectivity index is 2.17. The van der Waals surface area contributed by atoms with Gasteiger partial charge in [-0.05, 0) is 18.4 Å². The maximum atomic E-state index is 13.1. The number of hydrogen-bond acceptors (Lipinski definition) is 2. The first kappa shape index (κ1) is 13.9. The Kier molecular flexibility index (Phi) is 3.54.